The number of halogens is 5. The molecule has 140 valence electrons. The summed E-state index contributed by atoms with van der Waals surface area (Å²) in [7, 11) is 0. The van der Waals surface area contributed by atoms with Crippen LogP contribution in [-0.2, 0) is 13.2 Å². The molecule has 7 heteroatoms. The molecule has 0 aliphatic carbocycles. The van der Waals surface area contributed by atoms with Gasteiger partial charge in [0.05, 0.1) is 14.0 Å². The molecule has 1 N–H and O–H groups in total. The van der Waals surface area contributed by atoms with E-state index in [0.29, 0.717) is 23.2 Å². The number of hydrogen-bond donors (Lipinski definition) is 1. The molecule has 0 spiro atoms. The molecule has 27 heavy (non-hydrogen) atoms. The van der Waals surface area contributed by atoms with Crippen LogP contribution in [0.15, 0.2) is 68.0 Å². The van der Waals surface area contributed by atoms with Gasteiger partial charge in [0.15, 0.2) is 0 Å². The minimum Gasteiger partial charge on any atom is -0.487 e. The van der Waals surface area contributed by atoms with Crippen molar-refractivity contribution in [2.24, 2.45) is 0 Å². The van der Waals surface area contributed by atoms with Crippen LogP contribution in [0, 0.1) is 0 Å². The van der Waals surface area contributed by atoms with Gasteiger partial charge in [-0.2, -0.15) is 0 Å². The molecule has 0 atom stereocenters. The van der Waals surface area contributed by atoms with Crippen molar-refractivity contribution >= 4 is 76.7 Å². The Morgan fingerprint density at radius 3 is 2.07 bits per heavy atom. The van der Waals surface area contributed by atoms with E-state index >= 15 is 0 Å². The second-order valence-electron chi connectivity index (χ2n) is 5.79. The minimum absolute atomic E-state index is 0.462. The lowest BCUT2D eigenvalue weighted by molar-refractivity contribution is 0.302. The van der Waals surface area contributed by atoms with Crippen LogP contribution >= 0.6 is 71.0 Å². The van der Waals surface area contributed by atoms with Crippen molar-refractivity contribution in [1.29, 1.82) is 0 Å². The molecular formula is C20H14Br3Cl2NO. The van der Waals surface area contributed by atoms with Crippen LogP contribution in [-0.4, -0.2) is 0 Å². The van der Waals surface area contributed by atoms with Gasteiger partial charge in [0.25, 0.3) is 0 Å². The highest BCUT2D eigenvalue weighted by Gasteiger charge is 2.10. The molecule has 3 rings (SSSR count). The van der Waals surface area contributed by atoms with Gasteiger partial charge in [-0.25, -0.2) is 0 Å². The van der Waals surface area contributed by atoms with Gasteiger partial charge < -0.3 is 10.1 Å². The molecule has 3 aromatic carbocycles. The number of hydrogen-bond acceptors (Lipinski definition) is 2. The highest BCUT2D eigenvalue weighted by atomic mass is 79.9. The van der Waals surface area contributed by atoms with Crippen LogP contribution in [0.3, 0.4) is 0 Å². The van der Waals surface area contributed by atoms with Gasteiger partial charge in [0, 0.05) is 21.7 Å². The molecule has 0 aliphatic heterocycles. The average molecular weight is 595 g/mol. The Balaban J connectivity index is 1.66. The van der Waals surface area contributed by atoms with E-state index in [1.54, 1.807) is 0 Å². The number of nitrogens with one attached hydrogen (secondary N) is 1. The van der Waals surface area contributed by atoms with E-state index in [1.807, 2.05) is 54.6 Å². The van der Waals surface area contributed by atoms with E-state index in [0.717, 1.165) is 36.0 Å². The Kier molecular flexibility index (Phi) is 7.51. The van der Waals surface area contributed by atoms with Gasteiger partial charge in [-0.1, -0.05) is 35.3 Å². The molecule has 0 amide bonds. The van der Waals surface area contributed by atoms with E-state index in [1.165, 1.54) is 0 Å². The van der Waals surface area contributed by atoms with Gasteiger partial charge in [-0.05, 0) is 101 Å². The largest absolute Gasteiger partial charge is 0.487 e. The summed E-state index contributed by atoms with van der Waals surface area (Å²) in [5, 5.41) is 4.75. The third kappa shape index (κ3) is 5.88. The Hall–Kier alpha value is -0.720. The zero-order chi connectivity index (χ0) is 19.4. The summed E-state index contributed by atoms with van der Waals surface area (Å²) in [5.74, 6) is 0.764. The van der Waals surface area contributed by atoms with Crippen molar-refractivity contribution in [3.8, 4) is 5.75 Å². The Morgan fingerprint density at radius 2 is 1.44 bits per heavy atom. The SMILES string of the molecule is Clc1ccc(COc2c(Br)cc(CNc3ccc(Br)c(Cl)c3)cc2Br)cc1. The summed E-state index contributed by atoms with van der Waals surface area (Å²) in [6, 6.07) is 17.5. The Morgan fingerprint density at radius 1 is 0.778 bits per heavy atom. The van der Waals surface area contributed by atoms with Crippen molar-refractivity contribution in [3.05, 3.63) is 89.2 Å². The lowest BCUT2D eigenvalue weighted by atomic mass is 10.2. The first kappa shape index (κ1) is 21.0. The fourth-order valence-corrected chi connectivity index (χ4v) is 4.46. The van der Waals surface area contributed by atoms with Crippen LogP contribution in [0.1, 0.15) is 11.1 Å². The van der Waals surface area contributed by atoms with Gasteiger partial charge in [0.1, 0.15) is 12.4 Å². The van der Waals surface area contributed by atoms with Crippen LogP contribution in [0.4, 0.5) is 5.69 Å². The van der Waals surface area contributed by atoms with Crippen LogP contribution < -0.4 is 10.1 Å². The summed E-state index contributed by atoms with van der Waals surface area (Å²) in [5.41, 5.74) is 3.11. The monoisotopic (exact) mass is 591 g/mol. The lowest BCUT2D eigenvalue weighted by Crippen LogP contribution is -2.01. The molecule has 3 aromatic rings. The van der Waals surface area contributed by atoms with Crippen molar-refractivity contribution in [2.75, 3.05) is 5.32 Å². The van der Waals surface area contributed by atoms with Crippen molar-refractivity contribution in [2.45, 2.75) is 13.2 Å². The second-order valence-corrected chi connectivity index (χ2v) is 9.19. The van der Waals surface area contributed by atoms with E-state index < -0.39 is 0 Å². The average Bonchev–Trinajstić information content (AvgIpc) is 2.63. The molecule has 0 aliphatic rings. The first-order valence-corrected chi connectivity index (χ1v) is 11.1. The van der Waals surface area contributed by atoms with Crippen LogP contribution in [0.25, 0.3) is 0 Å². The Labute approximate surface area is 193 Å². The zero-order valence-corrected chi connectivity index (χ0v) is 20.2. The quantitative estimate of drug-likeness (QED) is 0.309. The molecule has 0 saturated heterocycles. The van der Waals surface area contributed by atoms with Crippen molar-refractivity contribution in [1.82, 2.24) is 0 Å². The summed E-state index contributed by atoms with van der Waals surface area (Å²) in [6.45, 7) is 1.12. The van der Waals surface area contributed by atoms with Crippen LogP contribution in [0.5, 0.6) is 5.75 Å². The van der Waals surface area contributed by atoms with E-state index in [2.05, 4.69) is 53.1 Å². The second kappa shape index (κ2) is 9.66. The topological polar surface area (TPSA) is 21.3 Å². The summed E-state index contributed by atoms with van der Waals surface area (Å²) < 4.78 is 8.61. The predicted octanol–water partition coefficient (Wildman–Crippen LogP) is 8.47. The van der Waals surface area contributed by atoms with E-state index in [-0.39, 0.29) is 0 Å². The van der Waals surface area contributed by atoms with Gasteiger partial charge in [-0.3, -0.25) is 0 Å². The van der Waals surface area contributed by atoms with Gasteiger partial charge in [0.2, 0.25) is 0 Å². The maximum Gasteiger partial charge on any atom is 0.148 e. The molecule has 0 aromatic heterocycles. The number of rotatable bonds is 6. The fourth-order valence-electron chi connectivity index (χ4n) is 2.40. The number of anilines is 1. The summed E-state index contributed by atoms with van der Waals surface area (Å²) in [4.78, 5) is 0. The third-order valence-corrected chi connectivity index (χ3v) is 6.43. The highest BCUT2D eigenvalue weighted by molar-refractivity contribution is 9.11. The molecule has 0 fully saturated rings. The molecule has 0 radical (unpaired) electrons. The minimum atomic E-state index is 0.462. The first-order valence-electron chi connectivity index (χ1n) is 7.96. The predicted molar refractivity (Wildman–Crippen MR) is 124 cm³/mol. The van der Waals surface area contributed by atoms with Crippen molar-refractivity contribution < 1.29 is 4.74 Å². The van der Waals surface area contributed by atoms with Gasteiger partial charge >= 0.3 is 0 Å². The van der Waals surface area contributed by atoms with E-state index in [4.69, 9.17) is 27.9 Å². The molecule has 2 nitrogen and oxygen atoms in total. The molecular weight excluding hydrogens is 581 g/mol. The Bertz CT molecular complexity index is 925. The van der Waals surface area contributed by atoms with Gasteiger partial charge in [-0.15, -0.1) is 0 Å². The first-order chi connectivity index (χ1) is 12.9. The number of benzene rings is 3. The maximum atomic E-state index is 6.13. The molecule has 0 heterocycles. The highest BCUT2D eigenvalue weighted by Crippen LogP contribution is 2.36. The standard InChI is InChI=1S/C20H14Br3Cl2NO/c21-16-6-5-15(9-19(16)25)26-10-13-7-17(22)20(18(23)8-13)27-11-12-1-3-14(24)4-2-12/h1-9,26H,10-11H2. The molecule has 0 bridgehead atoms. The maximum absolute atomic E-state index is 6.13. The van der Waals surface area contributed by atoms with Crippen molar-refractivity contribution in [3.63, 3.8) is 0 Å². The molecule has 0 unspecified atom stereocenters. The fraction of sp³-hybridized carbons (Fsp3) is 0.100. The zero-order valence-electron chi connectivity index (χ0n) is 13.9. The lowest BCUT2D eigenvalue weighted by Gasteiger charge is -2.13. The van der Waals surface area contributed by atoms with E-state index in [9.17, 15) is 0 Å². The van der Waals surface area contributed by atoms with Crippen LogP contribution in [0.2, 0.25) is 10.0 Å². The third-order valence-electron chi connectivity index (χ3n) is 3.77. The number of ether oxygens (including phenoxy) is 1. The summed E-state index contributed by atoms with van der Waals surface area (Å²) in [6.07, 6.45) is 0. The normalized spacial score (nSPS) is 10.7. The molecule has 0 saturated carbocycles. The smallest absolute Gasteiger partial charge is 0.148 e. The summed E-state index contributed by atoms with van der Waals surface area (Å²) >= 11 is 22.6.